The van der Waals surface area contributed by atoms with E-state index in [0.717, 1.165) is 25.2 Å². The van der Waals surface area contributed by atoms with Crippen LogP contribution in [-0.4, -0.2) is 43.0 Å². The first-order chi connectivity index (χ1) is 12.9. The summed E-state index contributed by atoms with van der Waals surface area (Å²) in [7, 11) is 0. The Hall–Kier alpha value is -2.54. The second-order valence-electron chi connectivity index (χ2n) is 6.70. The average molecular weight is 377 g/mol. The van der Waals surface area contributed by atoms with Crippen LogP contribution in [0.2, 0.25) is 0 Å². The fourth-order valence-corrected chi connectivity index (χ4v) is 3.29. The molecule has 0 bridgehead atoms. The van der Waals surface area contributed by atoms with Crippen LogP contribution in [0, 0.1) is 24.4 Å². The number of carbonyl (C=O) groups excluding carboxylic acids is 1. The normalized spacial score (nSPS) is 16.3. The Morgan fingerprint density at radius 3 is 2.33 bits per heavy atom. The van der Waals surface area contributed by atoms with Crippen LogP contribution in [-0.2, 0) is 4.79 Å². The highest BCUT2D eigenvalue weighted by atomic mass is 19.2. The first-order valence-electron chi connectivity index (χ1n) is 8.87. The highest BCUT2D eigenvalue weighted by Gasteiger charge is 2.27. The molecule has 4 nitrogen and oxygen atoms in total. The van der Waals surface area contributed by atoms with E-state index < -0.39 is 29.4 Å². The zero-order valence-corrected chi connectivity index (χ0v) is 15.3. The molecule has 0 aromatic heterocycles. The summed E-state index contributed by atoms with van der Waals surface area (Å²) in [4.78, 5) is 16.7. The van der Waals surface area contributed by atoms with Gasteiger partial charge in [-0.2, -0.15) is 0 Å². The molecule has 1 fully saturated rings. The van der Waals surface area contributed by atoms with Crippen molar-refractivity contribution in [3.63, 3.8) is 0 Å². The molecule has 27 heavy (non-hydrogen) atoms. The van der Waals surface area contributed by atoms with E-state index in [1.165, 1.54) is 11.3 Å². The maximum atomic E-state index is 13.8. The molecule has 1 aliphatic rings. The van der Waals surface area contributed by atoms with Crippen LogP contribution in [0.4, 0.5) is 24.5 Å². The van der Waals surface area contributed by atoms with E-state index in [0.29, 0.717) is 13.1 Å². The van der Waals surface area contributed by atoms with Crippen molar-refractivity contribution in [2.45, 2.75) is 19.9 Å². The van der Waals surface area contributed by atoms with Crippen LogP contribution in [0.1, 0.15) is 12.5 Å². The lowest BCUT2D eigenvalue weighted by molar-refractivity contribution is -0.120. The number of anilines is 2. The van der Waals surface area contributed by atoms with Crippen LogP contribution in [0.15, 0.2) is 36.4 Å². The Morgan fingerprint density at radius 2 is 1.67 bits per heavy atom. The topological polar surface area (TPSA) is 35.6 Å². The van der Waals surface area contributed by atoms with E-state index in [9.17, 15) is 18.0 Å². The number of amides is 1. The molecule has 2 aromatic rings. The summed E-state index contributed by atoms with van der Waals surface area (Å²) in [5, 5.41) is 2.35. The second-order valence-corrected chi connectivity index (χ2v) is 6.70. The fraction of sp³-hybridized carbons (Fsp3) is 0.350. The second kappa shape index (κ2) is 8.00. The molecule has 1 atom stereocenters. The summed E-state index contributed by atoms with van der Waals surface area (Å²) >= 11 is 0. The number of para-hydroxylation sites is 1. The smallest absolute Gasteiger partial charge is 0.241 e. The number of nitrogens with one attached hydrogen (secondary N) is 1. The van der Waals surface area contributed by atoms with Gasteiger partial charge in [0, 0.05) is 31.9 Å². The van der Waals surface area contributed by atoms with E-state index in [4.69, 9.17) is 0 Å². The number of piperazine rings is 1. The van der Waals surface area contributed by atoms with Crippen LogP contribution >= 0.6 is 0 Å². The van der Waals surface area contributed by atoms with Crippen LogP contribution in [0.5, 0.6) is 0 Å². The monoisotopic (exact) mass is 377 g/mol. The van der Waals surface area contributed by atoms with E-state index in [2.05, 4.69) is 29.3 Å². The van der Waals surface area contributed by atoms with Gasteiger partial charge < -0.3 is 10.2 Å². The molecule has 0 radical (unpaired) electrons. The first-order valence-corrected chi connectivity index (χ1v) is 8.87. The molecule has 0 aliphatic carbocycles. The molecule has 144 valence electrons. The minimum absolute atomic E-state index is 0.357. The first kappa shape index (κ1) is 19.2. The van der Waals surface area contributed by atoms with Gasteiger partial charge in [0.25, 0.3) is 0 Å². The highest BCUT2D eigenvalue weighted by Crippen LogP contribution is 2.23. The van der Waals surface area contributed by atoms with Gasteiger partial charge in [0.05, 0.1) is 11.7 Å². The Bertz CT molecular complexity index is 835. The summed E-state index contributed by atoms with van der Waals surface area (Å²) < 4.78 is 40.1. The summed E-state index contributed by atoms with van der Waals surface area (Å²) in [6.07, 6.45) is 0. The molecular weight excluding hydrogens is 355 g/mol. The number of rotatable bonds is 4. The van der Waals surface area contributed by atoms with Crippen molar-refractivity contribution >= 4 is 17.3 Å². The standard InChI is InChI=1S/C20H22F3N3O/c1-13-5-3-4-6-17(13)26-11-9-25(10-12-26)14(2)20(27)24-16-8-7-15(21)18(22)19(16)23/h3-8,14H,9-12H2,1-2H3,(H,24,27)/t14-/m0/s1. The molecule has 1 saturated heterocycles. The number of hydrogen-bond donors (Lipinski definition) is 1. The molecule has 1 heterocycles. The van der Waals surface area contributed by atoms with E-state index in [-0.39, 0.29) is 5.69 Å². The quantitative estimate of drug-likeness (QED) is 0.828. The summed E-state index contributed by atoms with van der Waals surface area (Å²) in [5.41, 5.74) is 2.02. The Morgan fingerprint density at radius 1 is 1.00 bits per heavy atom. The number of benzene rings is 2. The SMILES string of the molecule is Cc1ccccc1N1CCN([C@@H](C)C(=O)Nc2ccc(F)c(F)c2F)CC1. The summed E-state index contributed by atoms with van der Waals surface area (Å²) in [6, 6.07) is 9.44. The molecule has 7 heteroatoms. The van der Waals surface area contributed by atoms with Crippen molar-refractivity contribution in [3.8, 4) is 0 Å². The zero-order chi connectivity index (χ0) is 19.6. The number of hydrogen-bond acceptors (Lipinski definition) is 3. The third-order valence-corrected chi connectivity index (χ3v) is 4.99. The maximum Gasteiger partial charge on any atom is 0.241 e. The zero-order valence-electron chi connectivity index (χ0n) is 15.3. The lowest BCUT2D eigenvalue weighted by Gasteiger charge is -2.39. The molecule has 0 spiro atoms. The van der Waals surface area contributed by atoms with Crippen LogP contribution < -0.4 is 10.2 Å². The van der Waals surface area contributed by atoms with Gasteiger partial charge in [0.15, 0.2) is 17.5 Å². The van der Waals surface area contributed by atoms with Gasteiger partial charge in [-0.3, -0.25) is 9.69 Å². The predicted molar refractivity (Wildman–Crippen MR) is 99.4 cm³/mol. The molecular formula is C20H22F3N3O. The average Bonchev–Trinajstić information content (AvgIpc) is 2.68. The molecule has 2 aromatic carbocycles. The van der Waals surface area contributed by atoms with E-state index in [1.54, 1.807) is 6.92 Å². The van der Waals surface area contributed by atoms with Gasteiger partial charge in [0.2, 0.25) is 5.91 Å². The van der Waals surface area contributed by atoms with Crippen molar-refractivity contribution < 1.29 is 18.0 Å². The van der Waals surface area contributed by atoms with Crippen molar-refractivity contribution in [2.75, 3.05) is 36.4 Å². The highest BCUT2D eigenvalue weighted by molar-refractivity contribution is 5.94. The Labute approximate surface area is 156 Å². The van der Waals surface area contributed by atoms with Crippen molar-refractivity contribution in [1.82, 2.24) is 4.90 Å². The van der Waals surface area contributed by atoms with Gasteiger partial charge in [-0.1, -0.05) is 18.2 Å². The predicted octanol–water partition coefficient (Wildman–Crippen LogP) is 3.56. The lowest BCUT2D eigenvalue weighted by Crippen LogP contribution is -2.53. The van der Waals surface area contributed by atoms with Gasteiger partial charge in [-0.05, 0) is 37.6 Å². The molecule has 0 saturated carbocycles. The maximum absolute atomic E-state index is 13.8. The Balaban J connectivity index is 1.61. The molecule has 3 rings (SSSR count). The molecule has 1 aliphatic heterocycles. The third kappa shape index (κ3) is 4.08. The number of aryl methyl sites for hydroxylation is 1. The van der Waals surface area contributed by atoms with E-state index >= 15 is 0 Å². The minimum atomic E-state index is -1.59. The van der Waals surface area contributed by atoms with E-state index in [1.807, 2.05) is 17.0 Å². The largest absolute Gasteiger partial charge is 0.369 e. The van der Waals surface area contributed by atoms with Crippen molar-refractivity contribution in [3.05, 3.63) is 59.4 Å². The third-order valence-electron chi connectivity index (χ3n) is 4.99. The number of halogens is 3. The van der Waals surface area contributed by atoms with Crippen molar-refractivity contribution in [1.29, 1.82) is 0 Å². The van der Waals surface area contributed by atoms with Crippen LogP contribution in [0.3, 0.4) is 0 Å². The van der Waals surface area contributed by atoms with Gasteiger partial charge in [-0.25, -0.2) is 13.2 Å². The van der Waals surface area contributed by atoms with Gasteiger partial charge >= 0.3 is 0 Å². The molecule has 1 N–H and O–H groups in total. The molecule has 1 amide bonds. The fourth-order valence-electron chi connectivity index (χ4n) is 3.29. The van der Waals surface area contributed by atoms with Crippen LogP contribution in [0.25, 0.3) is 0 Å². The van der Waals surface area contributed by atoms with Gasteiger partial charge in [0.1, 0.15) is 0 Å². The lowest BCUT2D eigenvalue weighted by atomic mass is 10.1. The Kier molecular flexibility index (Phi) is 5.70. The van der Waals surface area contributed by atoms with Crippen molar-refractivity contribution in [2.24, 2.45) is 0 Å². The number of carbonyl (C=O) groups is 1. The minimum Gasteiger partial charge on any atom is -0.369 e. The number of nitrogens with zero attached hydrogens (tertiary/aromatic N) is 2. The van der Waals surface area contributed by atoms with Gasteiger partial charge in [-0.15, -0.1) is 0 Å². The molecule has 0 unspecified atom stereocenters. The summed E-state index contributed by atoms with van der Waals surface area (Å²) in [6.45, 7) is 6.65. The summed E-state index contributed by atoms with van der Waals surface area (Å²) in [5.74, 6) is -4.72.